The summed E-state index contributed by atoms with van der Waals surface area (Å²) in [5.74, 6) is -0.569. The third-order valence-electron chi connectivity index (χ3n) is 5.49. The summed E-state index contributed by atoms with van der Waals surface area (Å²) in [6, 6.07) is 15.2. The van der Waals surface area contributed by atoms with Crippen LogP contribution in [-0.4, -0.2) is 24.9 Å². The number of nitrogens with zero attached hydrogens (tertiary/aromatic N) is 1. The Morgan fingerprint density at radius 2 is 1.28 bits per heavy atom. The van der Waals surface area contributed by atoms with E-state index in [1.54, 1.807) is 0 Å². The Balaban J connectivity index is 1.55. The molecule has 154 valence electrons. The van der Waals surface area contributed by atoms with Crippen molar-refractivity contribution in [3.8, 4) is 0 Å². The molecule has 0 radical (unpaired) electrons. The van der Waals surface area contributed by atoms with Gasteiger partial charge in [-0.15, -0.1) is 0 Å². The van der Waals surface area contributed by atoms with Gasteiger partial charge in [-0.3, -0.25) is 9.59 Å². The predicted molar refractivity (Wildman–Crippen MR) is 119 cm³/mol. The normalized spacial score (nSPS) is 15.1. The molecular weight excluding hydrogens is 362 g/mol. The Bertz CT molecular complexity index is 843. The number of benzene rings is 2. The van der Waals surface area contributed by atoms with E-state index in [0.29, 0.717) is 11.4 Å². The Morgan fingerprint density at radius 3 is 1.72 bits per heavy atom. The van der Waals surface area contributed by atoms with Gasteiger partial charge in [-0.25, -0.2) is 0 Å². The van der Waals surface area contributed by atoms with Crippen LogP contribution in [0.1, 0.15) is 46.1 Å². The summed E-state index contributed by atoms with van der Waals surface area (Å²) in [7, 11) is 0. The summed E-state index contributed by atoms with van der Waals surface area (Å²) in [5, 5.41) is 5.31. The van der Waals surface area contributed by atoms with Crippen molar-refractivity contribution in [3.63, 3.8) is 0 Å². The van der Waals surface area contributed by atoms with E-state index in [9.17, 15) is 9.59 Å². The molecule has 1 aliphatic rings. The van der Waals surface area contributed by atoms with Crippen molar-refractivity contribution in [2.45, 2.75) is 46.0 Å². The summed E-state index contributed by atoms with van der Waals surface area (Å²) >= 11 is 0. The van der Waals surface area contributed by atoms with Crippen molar-refractivity contribution in [1.29, 1.82) is 0 Å². The molecule has 1 fully saturated rings. The van der Waals surface area contributed by atoms with Crippen LogP contribution in [-0.2, 0) is 15.0 Å². The SMILES string of the molecule is CC1CCN(c2ccc(NC(=O)C(=O)Nc3ccc(C(C)(C)C)cc3)cc2)CC1. The maximum absolute atomic E-state index is 12.2. The van der Waals surface area contributed by atoms with Gasteiger partial charge in [0, 0.05) is 30.2 Å². The highest BCUT2D eigenvalue weighted by atomic mass is 16.2. The minimum atomic E-state index is -0.678. The van der Waals surface area contributed by atoms with Crippen LogP contribution < -0.4 is 15.5 Å². The number of carbonyl (C=O) groups is 2. The van der Waals surface area contributed by atoms with Crippen LogP contribution in [0.25, 0.3) is 0 Å². The minimum absolute atomic E-state index is 0.0402. The van der Waals surface area contributed by atoms with Gasteiger partial charge in [-0.2, -0.15) is 0 Å². The van der Waals surface area contributed by atoms with E-state index in [-0.39, 0.29) is 5.41 Å². The molecule has 2 aromatic rings. The Kier molecular flexibility index (Phi) is 6.26. The van der Waals surface area contributed by atoms with Gasteiger partial charge in [0.25, 0.3) is 0 Å². The van der Waals surface area contributed by atoms with Crippen LogP contribution in [0.3, 0.4) is 0 Å². The molecule has 3 rings (SSSR count). The van der Waals surface area contributed by atoms with Crippen LogP contribution in [0.4, 0.5) is 17.1 Å². The first-order chi connectivity index (χ1) is 13.7. The lowest BCUT2D eigenvalue weighted by Crippen LogP contribution is -2.32. The number of nitrogens with one attached hydrogen (secondary N) is 2. The highest BCUT2D eigenvalue weighted by Crippen LogP contribution is 2.25. The first-order valence-electron chi connectivity index (χ1n) is 10.3. The molecule has 0 atom stereocenters. The zero-order valence-electron chi connectivity index (χ0n) is 17.8. The summed E-state index contributed by atoms with van der Waals surface area (Å²) in [6.45, 7) is 10.8. The fourth-order valence-electron chi connectivity index (χ4n) is 3.45. The summed E-state index contributed by atoms with van der Waals surface area (Å²) < 4.78 is 0. The summed E-state index contributed by atoms with van der Waals surface area (Å²) in [5.41, 5.74) is 3.58. The number of amides is 2. The first kappa shape index (κ1) is 20.9. The number of hydrogen-bond acceptors (Lipinski definition) is 3. The fourth-order valence-corrected chi connectivity index (χ4v) is 3.45. The van der Waals surface area contributed by atoms with E-state index in [2.05, 4.69) is 43.2 Å². The highest BCUT2D eigenvalue weighted by Gasteiger charge is 2.18. The van der Waals surface area contributed by atoms with Gasteiger partial charge in [0.05, 0.1) is 0 Å². The van der Waals surface area contributed by atoms with Crippen molar-refractivity contribution in [2.24, 2.45) is 5.92 Å². The zero-order chi connectivity index (χ0) is 21.0. The van der Waals surface area contributed by atoms with Gasteiger partial charge in [0.2, 0.25) is 0 Å². The molecule has 0 unspecified atom stereocenters. The monoisotopic (exact) mass is 393 g/mol. The van der Waals surface area contributed by atoms with Gasteiger partial charge < -0.3 is 15.5 Å². The van der Waals surface area contributed by atoms with Gasteiger partial charge in [-0.1, -0.05) is 39.8 Å². The van der Waals surface area contributed by atoms with Gasteiger partial charge in [0.15, 0.2) is 0 Å². The van der Waals surface area contributed by atoms with Crippen LogP contribution in [0.15, 0.2) is 48.5 Å². The van der Waals surface area contributed by atoms with Gasteiger partial charge in [0.1, 0.15) is 0 Å². The van der Waals surface area contributed by atoms with Crippen molar-refractivity contribution in [3.05, 3.63) is 54.1 Å². The van der Waals surface area contributed by atoms with Gasteiger partial charge in [-0.05, 0) is 66.1 Å². The third-order valence-corrected chi connectivity index (χ3v) is 5.49. The molecule has 0 bridgehead atoms. The van der Waals surface area contributed by atoms with Gasteiger partial charge >= 0.3 is 11.8 Å². The molecule has 1 aliphatic heterocycles. The lowest BCUT2D eigenvalue weighted by Gasteiger charge is -2.32. The van der Waals surface area contributed by atoms with Crippen molar-refractivity contribution < 1.29 is 9.59 Å². The Hall–Kier alpha value is -2.82. The highest BCUT2D eigenvalue weighted by molar-refractivity contribution is 6.43. The number of hydrogen-bond donors (Lipinski definition) is 2. The van der Waals surface area contributed by atoms with E-state index in [1.807, 2.05) is 48.5 Å². The molecular formula is C24H31N3O2. The quantitative estimate of drug-likeness (QED) is 0.737. The van der Waals surface area contributed by atoms with E-state index in [4.69, 9.17) is 0 Å². The first-order valence-corrected chi connectivity index (χ1v) is 10.3. The average Bonchev–Trinajstić information content (AvgIpc) is 2.69. The molecule has 5 heteroatoms. The second-order valence-corrected chi connectivity index (χ2v) is 8.95. The Labute approximate surface area is 173 Å². The topological polar surface area (TPSA) is 61.4 Å². The molecule has 0 spiro atoms. The van der Waals surface area contributed by atoms with Crippen LogP contribution in [0, 0.1) is 5.92 Å². The van der Waals surface area contributed by atoms with Crippen molar-refractivity contribution >= 4 is 28.9 Å². The van der Waals surface area contributed by atoms with E-state index < -0.39 is 11.8 Å². The molecule has 29 heavy (non-hydrogen) atoms. The molecule has 0 saturated carbocycles. The largest absolute Gasteiger partial charge is 0.372 e. The van der Waals surface area contributed by atoms with E-state index in [1.165, 1.54) is 18.4 Å². The molecule has 0 aliphatic carbocycles. The van der Waals surface area contributed by atoms with E-state index >= 15 is 0 Å². The predicted octanol–water partition coefficient (Wildman–Crippen LogP) is 4.80. The second kappa shape index (κ2) is 8.68. The number of carbonyl (C=O) groups excluding carboxylic acids is 2. The van der Waals surface area contributed by atoms with Crippen LogP contribution in [0.5, 0.6) is 0 Å². The van der Waals surface area contributed by atoms with Crippen molar-refractivity contribution in [1.82, 2.24) is 0 Å². The van der Waals surface area contributed by atoms with Crippen LogP contribution in [0.2, 0.25) is 0 Å². The van der Waals surface area contributed by atoms with E-state index in [0.717, 1.165) is 24.7 Å². The number of rotatable bonds is 3. The molecule has 1 heterocycles. The molecule has 5 nitrogen and oxygen atoms in total. The zero-order valence-corrected chi connectivity index (χ0v) is 17.8. The van der Waals surface area contributed by atoms with Crippen molar-refractivity contribution in [2.75, 3.05) is 28.6 Å². The second-order valence-electron chi connectivity index (χ2n) is 8.95. The number of anilines is 3. The average molecular weight is 394 g/mol. The maximum Gasteiger partial charge on any atom is 0.314 e. The lowest BCUT2D eigenvalue weighted by atomic mass is 9.87. The lowest BCUT2D eigenvalue weighted by molar-refractivity contribution is -0.132. The molecule has 0 aromatic heterocycles. The molecule has 2 amide bonds. The standard InChI is InChI=1S/C24H31N3O2/c1-17-13-15-27(16-14-17)21-11-9-20(10-12-21)26-23(29)22(28)25-19-7-5-18(6-8-19)24(2,3)4/h5-12,17H,13-16H2,1-4H3,(H,25,28)(H,26,29). The maximum atomic E-state index is 12.2. The molecule has 1 saturated heterocycles. The van der Waals surface area contributed by atoms with Crippen LogP contribution >= 0.6 is 0 Å². The number of piperidine rings is 1. The molecule has 2 aromatic carbocycles. The minimum Gasteiger partial charge on any atom is -0.372 e. The molecule has 2 N–H and O–H groups in total. The third kappa shape index (κ3) is 5.59. The Morgan fingerprint density at radius 1 is 0.828 bits per heavy atom. The fraction of sp³-hybridized carbons (Fsp3) is 0.417. The summed E-state index contributed by atoms with van der Waals surface area (Å²) in [4.78, 5) is 26.8. The smallest absolute Gasteiger partial charge is 0.314 e. The summed E-state index contributed by atoms with van der Waals surface area (Å²) in [6.07, 6.45) is 2.41.